The van der Waals surface area contributed by atoms with Gasteiger partial charge in [-0.15, -0.1) is 0 Å². The lowest BCUT2D eigenvalue weighted by Crippen LogP contribution is -2.24. The lowest BCUT2D eigenvalue weighted by atomic mass is 9.96. The summed E-state index contributed by atoms with van der Waals surface area (Å²) >= 11 is 0. The minimum Gasteiger partial charge on any atom is -0.495 e. The molecule has 1 aromatic heterocycles. The molecule has 2 aromatic carbocycles. The van der Waals surface area contributed by atoms with Crippen LogP contribution in [0.4, 0.5) is 11.4 Å². The second kappa shape index (κ2) is 6.07. The van der Waals surface area contributed by atoms with Crippen molar-refractivity contribution in [1.29, 1.82) is 0 Å². The number of benzene rings is 2. The average Bonchev–Trinajstić information content (AvgIpc) is 3.26. The second-order valence-corrected chi connectivity index (χ2v) is 5.93. The standard InChI is InChI=1S/C20H16N2O4/c1-25-16-6-3-2-5-15(16)22-14-9-8-12(19(21)23)11-13(14)18(20(22)24)17-7-4-10-26-17/h2-11,18H,1H3,(H2,21,23). The van der Waals surface area contributed by atoms with Gasteiger partial charge in [-0.2, -0.15) is 0 Å². The number of hydrogen-bond acceptors (Lipinski definition) is 4. The van der Waals surface area contributed by atoms with Crippen molar-refractivity contribution in [3.05, 3.63) is 77.7 Å². The van der Waals surface area contributed by atoms with Gasteiger partial charge >= 0.3 is 0 Å². The van der Waals surface area contributed by atoms with Crippen LogP contribution in [0.2, 0.25) is 0 Å². The number of hydrogen-bond donors (Lipinski definition) is 1. The number of anilines is 2. The van der Waals surface area contributed by atoms with E-state index in [0.717, 1.165) is 0 Å². The van der Waals surface area contributed by atoms with Crippen molar-refractivity contribution in [2.75, 3.05) is 12.0 Å². The van der Waals surface area contributed by atoms with Crippen LogP contribution in [0, 0.1) is 0 Å². The van der Waals surface area contributed by atoms with Crippen LogP contribution in [0.5, 0.6) is 5.75 Å². The number of amides is 2. The summed E-state index contributed by atoms with van der Waals surface area (Å²) in [6.45, 7) is 0. The third kappa shape index (κ3) is 2.35. The fraction of sp³-hybridized carbons (Fsp3) is 0.100. The molecule has 1 unspecified atom stereocenters. The molecule has 130 valence electrons. The number of ether oxygens (including phenoxy) is 1. The highest BCUT2D eigenvalue weighted by molar-refractivity contribution is 6.13. The van der Waals surface area contributed by atoms with Crippen molar-refractivity contribution >= 4 is 23.2 Å². The van der Waals surface area contributed by atoms with Crippen molar-refractivity contribution in [2.24, 2.45) is 5.73 Å². The maximum Gasteiger partial charge on any atom is 0.248 e. The second-order valence-electron chi connectivity index (χ2n) is 5.93. The summed E-state index contributed by atoms with van der Waals surface area (Å²) in [4.78, 5) is 26.5. The van der Waals surface area contributed by atoms with E-state index in [1.165, 1.54) is 6.26 Å². The van der Waals surface area contributed by atoms with Crippen LogP contribution < -0.4 is 15.4 Å². The number of rotatable bonds is 4. The molecule has 0 aliphatic carbocycles. The average molecular weight is 348 g/mol. The normalized spacial score (nSPS) is 15.8. The molecule has 2 N–H and O–H groups in total. The highest BCUT2D eigenvalue weighted by atomic mass is 16.5. The third-order valence-electron chi connectivity index (χ3n) is 4.49. The van der Waals surface area contributed by atoms with Crippen molar-refractivity contribution in [2.45, 2.75) is 5.92 Å². The highest BCUT2D eigenvalue weighted by Crippen LogP contribution is 2.47. The zero-order valence-electron chi connectivity index (χ0n) is 14.0. The van der Waals surface area contributed by atoms with E-state index in [4.69, 9.17) is 14.9 Å². The first-order chi connectivity index (χ1) is 12.6. The number of nitrogens with two attached hydrogens (primary N) is 1. The molecule has 0 fully saturated rings. The Morgan fingerprint density at radius 3 is 2.62 bits per heavy atom. The zero-order valence-corrected chi connectivity index (χ0v) is 14.0. The first-order valence-electron chi connectivity index (χ1n) is 8.06. The summed E-state index contributed by atoms with van der Waals surface area (Å²) in [5.74, 6) is -0.291. The fourth-order valence-electron chi connectivity index (χ4n) is 3.32. The molecular formula is C20H16N2O4. The Hall–Kier alpha value is -3.54. The maximum atomic E-state index is 13.3. The Kier molecular flexibility index (Phi) is 3.73. The first kappa shape index (κ1) is 16.0. The van der Waals surface area contributed by atoms with Crippen molar-refractivity contribution in [3.8, 4) is 5.75 Å². The summed E-state index contributed by atoms with van der Waals surface area (Å²) in [6.07, 6.45) is 1.52. The fourth-order valence-corrected chi connectivity index (χ4v) is 3.32. The molecule has 0 radical (unpaired) electrons. The van der Waals surface area contributed by atoms with Gasteiger partial charge in [-0.05, 0) is 48.0 Å². The van der Waals surface area contributed by atoms with Crippen LogP contribution in [0.3, 0.4) is 0 Å². The molecule has 26 heavy (non-hydrogen) atoms. The van der Waals surface area contributed by atoms with Gasteiger partial charge in [-0.1, -0.05) is 12.1 Å². The predicted molar refractivity (Wildman–Crippen MR) is 95.7 cm³/mol. The molecule has 1 aliphatic rings. The van der Waals surface area contributed by atoms with E-state index in [2.05, 4.69) is 0 Å². The number of para-hydroxylation sites is 2. The van der Waals surface area contributed by atoms with Crippen molar-refractivity contribution in [3.63, 3.8) is 0 Å². The highest BCUT2D eigenvalue weighted by Gasteiger charge is 2.42. The summed E-state index contributed by atoms with van der Waals surface area (Å²) in [7, 11) is 1.56. The minimum absolute atomic E-state index is 0.180. The van der Waals surface area contributed by atoms with Crippen LogP contribution in [0.25, 0.3) is 0 Å². The maximum absolute atomic E-state index is 13.3. The van der Waals surface area contributed by atoms with Gasteiger partial charge in [0.05, 0.1) is 24.7 Å². The third-order valence-corrected chi connectivity index (χ3v) is 4.49. The summed E-state index contributed by atoms with van der Waals surface area (Å²) in [6, 6.07) is 15.7. The number of nitrogens with zero attached hydrogens (tertiary/aromatic N) is 1. The lowest BCUT2D eigenvalue weighted by molar-refractivity contribution is -0.118. The zero-order chi connectivity index (χ0) is 18.3. The topological polar surface area (TPSA) is 85.8 Å². The molecule has 4 rings (SSSR count). The molecule has 0 saturated carbocycles. The quantitative estimate of drug-likeness (QED) is 0.784. The van der Waals surface area contributed by atoms with E-state index in [1.54, 1.807) is 48.4 Å². The van der Waals surface area contributed by atoms with E-state index >= 15 is 0 Å². The van der Waals surface area contributed by atoms with Gasteiger partial charge < -0.3 is 14.9 Å². The molecule has 0 spiro atoms. The minimum atomic E-state index is -0.649. The Balaban J connectivity index is 1.93. The van der Waals surface area contributed by atoms with E-state index < -0.39 is 11.8 Å². The Bertz CT molecular complexity index is 995. The molecule has 0 saturated heterocycles. The van der Waals surface area contributed by atoms with Crippen molar-refractivity contribution in [1.82, 2.24) is 0 Å². The summed E-state index contributed by atoms with van der Waals surface area (Å²) in [5, 5.41) is 0. The number of methoxy groups -OCH3 is 1. The molecule has 6 heteroatoms. The predicted octanol–water partition coefficient (Wildman–Crippen LogP) is 3.20. The molecule has 0 bridgehead atoms. The SMILES string of the molecule is COc1ccccc1N1C(=O)C(c2ccco2)c2cc(C(N)=O)ccc21. The molecule has 1 atom stereocenters. The van der Waals surface area contributed by atoms with Gasteiger partial charge in [0.1, 0.15) is 17.4 Å². The van der Waals surface area contributed by atoms with Gasteiger partial charge in [-0.25, -0.2) is 0 Å². The first-order valence-corrected chi connectivity index (χ1v) is 8.06. The van der Waals surface area contributed by atoms with Gasteiger partial charge in [0.2, 0.25) is 11.8 Å². The molecule has 3 aromatic rings. The summed E-state index contributed by atoms with van der Waals surface area (Å²) in [5.41, 5.74) is 7.73. The smallest absolute Gasteiger partial charge is 0.248 e. The van der Waals surface area contributed by atoms with Crippen LogP contribution in [0.15, 0.2) is 65.3 Å². The number of carbonyl (C=O) groups is 2. The molecule has 6 nitrogen and oxygen atoms in total. The van der Waals surface area contributed by atoms with Gasteiger partial charge in [0.15, 0.2) is 0 Å². The van der Waals surface area contributed by atoms with E-state index in [-0.39, 0.29) is 5.91 Å². The Morgan fingerprint density at radius 2 is 1.92 bits per heavy atom. The van der Waals surface area contributed by atoms with Crippen LogP contribution >= 0.6 is 0 Å². The molecule has 1 aliphatic heterocycles. The van der Waals surface area contributed by atoms with Gasteiger partial charge in [0, 0.05) is 5.56 Å². The summed E-state index contributed by atoms with van der Waals surface area (Å²) < 4.78 is 10.9. The Labute approximate surface area is 149 Å². The van der Waals surface area contributed by atoms with E-state index in [9.17, 15) is 9.59 Å². The van der Waals surface area contributed by atoms with Crippen LogP contribution in [-0.4, -0.2) is 18.9 Å². The number of carbonyl (C=O) groups excluding carboxylic acids is 2. The van der Waals surface area contributed by atoms with Crippen LogP contribution in [-0.2, 0) is 4.79 Å². The number of fused-ring (bicyclic) bond motifs is 1. The van der Waals surface area contributed by atoms with Gasteiger partial charge in [0.25, 0.3) is 0 Å². The van der Waals surface area contributed by atoms with E-state index in [1.807, 2.05) is 18.2 Å². The molecule has 2 amide bonds. The lowest BCUT2D eigenvalue weighted by Gasteiger charge is -2.20. The monoisotopic (exact) mass is 348 g/mol. The molecule has 2 heterocycles. The van der Waals surface area contributed by atoms with Crippen LogP contribution in [0.1, 0.15) is 27.6 Å². The molecular weight excluding hydrogens is 332 g/mol. The largest absolute Gasteiger partial charge is 0.495 e. The van der Waals surface area contributed by atoms with Gasteiger partial charge in [-0.3, -0.25) is 14.5 Å². The number of primary amides is 1. The van der Waals surface area contributed by atoms with Crippen molar-refractivity contribution < 1.29 is 18.7 Å². The Morgan fingerprint density at radius 1 is 1.12 bits per heavy atom. The number of furan rings is 1. The van der Waals surface area contributed by atoms with E-state index in [0.29, 0.717) is 34.0 Å².